The molecule has 2 aromatic heterocycles. The van der Waals surface area contributed by atoms with Crippen molar-refractivity contribution in [2.24, 2.45) is 0 Å². The van der Waals surface area contributed by atoms with E-state index in [1.807, 2.05) is 37.4 Å². The summed E-state index contributed by atoms with van der Waals surface area (Å²) in [5.41, 5.74) is 8.48. The molecule has 6 heteroatoms. The van der Waals surface area contributed by atoms with Crippen LogP contribution in [-0.4, -0.2) is 29.1 Å². The van der Waals surface area contributed by atoms with Gasteiger partial charge < -0.3 is 15.8 Å². The molecule has 0 saturated carbocycles. The fraction of sp³-hybridized carbons (Fsp3) is 0.133. The van der Waals surface area contributed by atoms with E-state index >= 15 is 0 Å². The number of rotatable bonds is 3. The smallest absolute Gasteiger partial charge is 0.222 e. The monoisotopic (exact) mass is 281 g/mol. The van der Waals surface area contributed by atoms with Crippen LogP contribution in [0.2, 0.25) is 0 Å². The van der Waals surface area contributed by atoms with Crippen molar-refractivity contribution in [2.45, 2.75) is 0 Å². The number of fused-ring (bicyclic) bond motifs is 1. The normalized spacial score (nSPS) is 10.6. The number of aromatic nitrogens is 3. The Bertz CT molecular complexity index is 786. The third kappa shape index (κ3) is 2.31. The van der Waals surface area contributed by atoms with Crippen molar-refractivity contribution in [3.8, 4) is 17.0 Å². The first kappa shape index (κ1) is 13.1. The number of methoxy groups -OCH3 is 1. The standard InChI is InChI=1S/C15H15N5O/c1-17-14-13-10(9-6-7-12(21-2)18-8-9)4-3-5-11(13)19-15(16)20-14/h3-8H,1-2H3,(H3,16,17,19,20). The predicted molar refractivity (Wildman–Crippen MR) is 83.3 cm³/mol. The minimum absolute atomic E-state index is 0.247. The van der Waals surface area contributed by atoms with Gasteiger partial charge in [-0.2, -0.15) is 4.98 Å². The number of anilines is 2. The van der Waals surface area contributed by atoms with Crippen molar-refractivity contribution >= 4 is 22.7 Å². The molecule has 3 aromatic rings. The zero-order valence-corrected chi connectivity index (χ0v) is 11.8. The molecule has 0 unspecified atom stereocenters. The Morgan fingerprint density at radius 3 is 2.67 bits per heavy atom. The Labute approximate surface area is 122 Å². The molecule has 2 heterocycles. The topological polar surface area (TPSA) is 86.0 Å². The van der Waals surface area contributed by atoms with Crippen LogP contribution in [0.5, 0.6) is 5.88 Å². The Morgan fingerprint density at radius 1 is 1.14 bits per heavy atom. The molecule has 1 aromatic carbocycles. The first-order chi connectivity index (χ1) is 10.2. The van der Waals surface area contributed by atoms with Crippen LogP contribution in [0.3, 0.4) is 0 Å². The zero-order valence-electron chi connectivity index (χ0n) is 11.8. The van der Waals surface area contributed by atoms with Crippen molar-refractivity contribution in [3.05, 3.63) is 36.5 Å². The molecule has 106 valence electrons. The van der Waals surface area contributed by atoms with E-state index in [9.17, 15) is 0 Å². The van der Waals surface area contributed by atoms with Crippen molar-refractivity contribution in [3.63, 3.8) is 0 Å². The third-order valence-electron chi connectivity index (χ3n) is 3.23. The largest absolute Gasteiger partial charge is 0.481 e. The van der Waals surface area contributed by atoms with E-state index in [1.165, 1.54) is 0 Å². The first-order valence-electron chi connectivity index (χ1n) is 6.47. The van der Waals surface area contributed by atoms with Gasteiger partial charge in [0.05, 0.1) is 18.0 Å². The van der Waals surface area contributed by atoms with Gasteiger partial charge in [-0.1, -0.05) is 12.1 Å². The molecule has 0 aliphatic carbocycles. The summed E-state index contributed by atoms with van der Waals surface area (Å²) in [7, 11) is 3.40. The number of nitrogens with one attached hydrogen (secondary N) is 1. The van der Waals surface area contributed by atoms with Crippen molar-refractivity contribution in [1.82, 2.24) is 15.0 Å². The van der Waals surface area contributed by atoms with E-state index in [0.717, 1.165) is 22.0 Å². The Morgan fingerprint density at radius 2 is 2.00 bits per heavy atom. The van der Waals surface area contributed by atoms with Gasteiger partial charge in [0, 0.05) is 24.9 Å². The van der Waals surface area contributed by atoms with Crippen LogP contribution in [0.25, 0.3) is 22.0 Å². The summed E-state index contributed by atoms with van der Waals surface area (Å²) in [5, 5.41) is 3.99. The fourth-order valence-electron chi connectivity index (χ4n) is 2.28. The second-order valence-corrected chi connectivity index (χ2v) is 4.47. The SMILES string of the molecule is CNc1nc(N)nc2cccc(-c3ccc(OC)nc3)c12. The van der Waals surface area contributed by atoms with Crippen LogP contribution in [-0.2, 0) is 0 Å². The number of benzene rings is 1. The van der Waals surface area contributed by atoms with Gasteiger partial charge in [-0.05, 0) is 17.7 Å². The summed E-state index contributed by atoms with van der Waals surface area (Å²) in [4.78, 5) is 12.8. The number of nitrogens with two attached hydrogens (primary N) is 1. The summed E-state index contributed by atoms with van der Waals surface area (Å²) < 4.78 is 5.09. The van der Waals surface area contributed by atoms with Gasteiger partial charge >= 0.3 is 0 Å². The number of nitrogens with zero attached hydrogens (tertiary/aromatic N) is 3. The highest BCUT2D eigenvalue weighted by molar-refractivity contribution is 6.02. The molecule has 0 amide bonds. The molecule has 0 spiro atoms. The fourth-order valence-corrected chi connectivity index (χ4v) is 2.28. The minimum Gasteiger partial charge on any atom is -0.481 e. The van der Waals surface area contributed by atoms with Gasteiger partial charge in [-0.15, -0.1) is 0 Å². The van der Waals surface area contributed by atoms with Gasteiger partial charge in [-0.25, -0.2) is 9.97 Å². The maximum atomic E-state index is 5.74. The van der Waals surface area contributed by atoms with E-state index < -0.39 is 0 Å². The maximum absolute atomic E-state index is 5.74. The Hall–Kier alpha value is -2.89. The predicted octanol–water partition coefficient (Wildman–Crippen LogP) is 2.32. The van der Waals surface area contributed by atoms with Gasteiger partial charge in [0.2, 0.25) is 11.8 Å². The second-order valence-electron chi connectivity index (χ2n) is 4.47. The molecule has 0 bridgehead atoms. The number of hydrogen-bond acceptors (Lipinski definition) is 6. The molecule has 6 nitrogen and oxygen atoms in total. The number of pyridine rings is 1. The molecular weight excluding hydrogens is 266 g/mol. The van der Waals surface area contributed by atoms with Gasteiger partial charge in [0.25, 0.3) is 0 Å². The highest BCUT2D eigenvalue weighted by Gasteiger charge is 2.11. The van der Waals surface area contributed by atoms with Crippen LogP contribution in [0.15, 0.2) is 36.5 Å². The van der Waals surface area contributed by atoms with E-state index in [-0.39, 0.29) is 5.95 Å². The number of ether oxygens (including phenoxy) is 1. The molecule has 3 rings (SSSR count). The van der Waals surface area contributed by atoms with E-state index in [0.29, 0.717) is 11.7 Å². The molecule has 0 fully saturated rings. The molecular formula is C15H15N5O. The van der Waals surface area contributed by atoms with E-state index in [1.54, 1.807) is 13.3 Å². The van der Waals surface area contributed by atoms with E-state index in [2.05, 4.69) is 20.3 Å². The van der Waals surface area contributed by atoms with Crippen molar-refractivity contribution < 1.29 is 4.74 Å². The summed E-state index contributed by atoms with van der Waals surface area (Å²) in [6.07, 6.45) is 1.77. The molecule has 0 saturated heterocycles. The third-order valence-corrected chi connectivity index (χ3v) is 3.23. The van der Waals surface area contributed by atoms with Crippen LogP contribution in [0.1, 0.15) is 0 Å². The highest BCUT2D eigenvalue weighted by atomic mass is 16.5. The maximum Gasteiger partial charge on any atom is 0.222 e. The van der Waals surface area contributed by atoms with Crippen LogP contribution >= 0.6 is 0 Å². The van der Waals surface area contributed by atoms with Crippen LogP contribution < -0.4 is 15.8 Å². The quantitative estimate of drug-likeness (QED) is 0.766. The lowest BCUT2D eigenvalue weighted by molar-refractivity contribution is 0.398. The molecule has 0 atom stereocenters. The lowest BCUT2D eigenvalue weighted by Crippen LogP contribution is -2.02. The summed E-state index contributed by atoms with van der Waals surface area (Å²) in [6.45, 7) is 0. The van der Waals surface area contributed by atoms with Crippen LogP contribution in [0, 0.1) is 0 Å². The minimum atomic E-state index is 0.247. The molecule has 0 radical (unpaired) electrons. The summed E-state index contributed by atoms with van der Waals surface area (Å²) in [5.74, 6) is 1.52. The highest BCUT2D eigenvalue weighted by Crippen LogP contribution is 2.32. The molecule has 0 aliphatic heterocycles. The average Bonchev–Trinajstić information content (AvgIpc) is 2.53. The summed E-state index contributed by atoms with van der Waals surface area (Å²) >= 11 is 0. The molecule has 21 heavy (non-hydrogen) atoms. The number of nitrogen functional groups attached to an aromatic ring is 1. The van der Waals surface area contributed by atoms with Crippen molar-refractivity contribution in [2.75, 3.05) is 25.2 Å². The molecule has 3 N–H and O–H groups in total. The lowest BCUT2D eigenvalue weighted by Gasteiger charge is -2.11. The Balaban J connectivity index is 2.26. The van der Waals surface area contributed by atoms with Crippen molar-refractivity contribution in [1.29, 1.82) is 0 Å². The first-order valence-corrected chi connectivity index (χ1v) is 6.47. The lowest BCUT2D eigenvalue weighted by atomic mass is 10.0. The zero-order chi connectivity index (χ0) is 14.8. The molecule has 0 aliphatic rings. The second kappa shape index (κ2) is 5.24. The average molecular weight is 281 g/mol. The van der Waals surface area contributed by atoms with Gasteiger partial charge in [0.1, 0.15) is 5.82 Å². The van der Waals surface area contributed by atoms with Gasteiger partial charge in [0.15, 0.2) is 0 Å². The van der Waals surface area contributed by atoms with Gasteiger partial charge in [-0.3, -0.25) is 0 Å². The summed E-state index contributed by atoms with van der Waals surface area (Å²) in [6, 6.07) is 9.64. The van der Waals surface area contributed by atoms with E-state index in [4.69, 9.17) is 10.5 Å². The van der Waals surface area contributed by atoms with Crippen LogP contribution in [0.4, 0.5) is 11.8 Å². The number of hydrogen-bond donors (Lipinski definition) is 2. The Kier molecular flexibility index (Phi) is 3.27.